The summed E-state index contributed by atoms with van der Waals surface area (Å²) in [6.45, 7) is 0. The van der Waals surface area contributed by atoms with Gasteiger partial charge in [-0.3, -0.25) is 10.1 Å². The quantitative estimate of drug-likeness (QED) is 0.209. The molecule has 0 heterocycles. The highest BCUT2D eigenvalue weighted by molar-refractivity contribution is 5.86. The van der Waals surface area contributed by atoms with Gasteiger partial charge in [-0.1, -0.05) is 115 Å². The van der Waals surface area contributed by atoms with Crippen LogP contribution < -0.4 is 0 Å². The van der Waals surface area contributed by atoms with Crippen LogP contribution in [0.15, 0.2) is 127 Å². The van der Waals surface area contributed by atoms with Gasteiger partial charge in [0.15, 0.2) is 0 Å². The van der Waals surface area contributed by atoms with Crippen LogP contribution in [0.3, 0.4) is 0 Å². The summed E-state index contributed by atoms with van der Waals surface area (Å²) in [4.78, 5) is 11.3. The predicted molar refractivity (Wildman–Crippen MR) is 136 cm³/mol. The fourth-order valence-electron chi connectivity index (χ4n) is 5.49. The Balaban J connectivity index is 1.62. The molecule has 1 aliphatic rings. The SMILES string of the molecule is O=[N+]([O-])c1ccccc1-c1ccc(C2(c3ccccc3)c3ccccc3-c3ccccc32)cc1. The zero-order valence-corrected chi connectivity index (χ0v) is 18.4. The van der Waals surface area contributed by atoms with E-state index in [1.807, 2.05) is 24.3 Å². The molecule has 0 saturated carbocycles. The summed E-state index contributed by atoms with van der Waals surface area (Å²) in [5.74, 6) is 0. The minimum absolute atomic E-state index is 0.115. The number of nitro benzene ring substituents is 1. The van der Waals surface area contributed by atoms with Crippen molar-refractivity contribution in [2.24, 2.45) is 0 Å². The minimum Gasteiger partial charge on any atom is -0.258 e. The van der Waals surface area contributed by atoms with Gasteiger partial charge in [-0.2, -0.15) is 0 Å². The highest BCUT2D eigenvalue weighted by Crippen LogP contribution is 2.56. The van der Waals surface area contributed by atoms with Gasteiger partial charge >= 0.3 is 0 Å². The Morgan fingerprint density at radius 3 is 1.56 bits per heavy atom. The molecule has 0 radical (unpaired) electrons. The molecule has 0 bridgehead atoms. The van der Waals surface area contributed by atoms with Gasteiger partial charge < -0.3 is 0 Å². The first kappa shape index (κ1) is 20.1. The van der Waals surface area contributed by atoms with E-state index in [1.54, 1.807) is 18.2 Å². The van der Waals surface area contributed by atoms with E-state index in [9.17, 15) is 10.1 Å². The topological polar surface area (TPSA) is 43.1 Å². The van der Waals surface area contributed by atoms with Crippen LogP contribution in [0.5, 0.6) is 0 Å². The first-order chi connectivity index (χ1) is 16.7. The van der Waals surface area contributed by atoms with Gasteiger partial charge in [0.25, 0.3) is 5.69 Å². The third kappa shape index (κ3) is 2.84. The van der Waals surface area contributed by atoms with Crippen LogP contribution in [0.1, 0.15) is 22.3 Å². The highest BCUT2D eigenvalue weighted by atomic mass is 16.6. The Kier molecular flexibility index (Phi) is 4.63. The first-order valence-corrected chi connectivity index (χ1v) is 11.3. The molecule has 0 aliphatic heterocycles. The molecule has 162 valence electrons. The lowest BCUT2D eigenvalue weighted by Crippen LogP contribution is -2.28. The van der Waals surface area contributed by atoms with E-state index in [1.165, 1.54) is 27.8 Å². The third-order valence-electron chi connectivity index (χ3n) is 6.89. The summed E-state index contributed by atoms with van der Waals surface area (Å²) < 4.78 is 0. The average molecular weight is 440 g/mol. The number of nitrogens with zero attached hydrogens (tertiary/aromatic N) is 1. The molecule has 34 heavy (non-hydrogen) atoms. The van der Waals surface area contributed by atoms with Crippen LogP contribution in [0.2, 0.25) is 0 Å². The van der Waals surface area contributed by atoms with Crippen LogP contribution >= 0.6 is 0 Å². The van der Waals surface area contributed by atoms with Crippen molar-refractivity contribution in [3.05, 3.63) is 160 Å². The van der Waals surface area contributed by atoms with Crippen molar-refractivity contribution in [1.29, 1.82) is 0 Å². The Morgan fingerprint density at radius 2 is 0.971 bits per heavy atom. The number of hydrogen-bond donors (Lipinski definition) is 0. The molecule has 0 amide bonds. The molecule has 0 spiro atoms. The standard InChI is InChI=1S/C31H21NO2/c33-32(34)30-17-9-6-12-25(30)22-18-20-24(21-19-22)31(23-10-2-1-3-11-23)28-15-7-4-13-26(28)27-14-5-8-16-29(27)31/h1-21H. The second kappa shape index (κ2) is 7.82. The van der Waals surface area contributed by atoms with Gasteiger partial charge in [-0.05, 0) is 45.0 Å². The first-order valence-electron chi connectivity index (χ1n) is 11.3. The maximum absolute atomic E-state index is 11.6. The van der Waals surface area contributed by atoms with Crippen molar-refractivity contribution in [3.8, 4) is 22.3 Å². The molecule has 0 unspecified atom stereocenters. The zero-order valence-electron chi connectivity index (χ0n) is 18.4. The third-order valence-corrected chi connectivity index (χ3v) is 6.89. The van der Waals surface area contributed by atoms with Crippen LogP contribution in [0.25, 0.3) is 22.3 Å². The Hall–Kier alpha value is -4.50. The molecule has 1 aliphatic carbocycles. The molecule has 3 heteroatoms. The van der Waals surface area contributed by atoms with E-state index in [2.05, 4.69) is 84.9 Å². The summed E-state index contributed by atoms with van der Waals surface area (Å²) in [6.07, 6.45) is 0. The van der Waals surface area contributed by atoms with E-state index in [0.29, 0.717) is 5.56 Å². The summed E-state index contributed by atoms with van der Waals surface area (Å²) in [6, 6.07) is 43.0. The molecule has 3 nitrogen and oxygen atoms in total. The normalized spacial score (nSPS) is 13.2. The van der Waals surface area contributed by atoms with Crippen molar-refractivity contribution in [2.45, 2.75) is 5.41 Å². The fraction of sp³-hybridized carbons (Fsp3) is 0.0323. The molecule has 6 rings (SSSR count). The molecule has 0 atom stereocenters. The number of fused-ring (bicyclic) bond motifs is 3. The van der Waals surface area contributed by atoms with E-state index in [4.69, 9.17) is 0 Å². The number of rotatable bonds is 4. The Bertz CT molecular complexity index is 1480. The summed E-state index contributed by atoms with van der Waals surface area (Å²) >= 11 is 0. The Labute approximate surface area is 198 Å². The molecule has 0 aromatic heterocycles. The number of hydrogen-bond acceptors (Lipinski definition) is 2. The van der Waals surface area contributed by atoms with Crippen LogP contribution in [-0.2, 0) is 5.41 Å². The monoisotopic (exact) mass is 439 g/mol. The smallest absolute Gasteiger partial charge is 0.258 e. The van der Waals surface area contributed by atoms with Crippen LogP contribution in [0.4, 0.5) is 5.69 Å². The van der Waals surface area contributed by atoms with E-state index in [-0.39, 0.29) is 10.6 Å². The van der Waals surface area contributed by atoms with Crippen molar-refractivity contribution >= 4 is 5.69 Å². The lowest BCUT2D eigenvalue weighted by Gasteiger charge is -2.34. The van der Waals surface area contributed by atoms with Crippen molar-refractivity contribution in [2.75, 3.05) is 0 Å². The molecule has 0 saturated heterocycles. The largest absolute Gasteiger partial charge is 0.277 e. The molecule has 5 aromatic rings. The van der Waals surface area contributed by atoms with E-state index >= 15 is 0 Å². The molecular formula is C31H21NO2. The van der Waals surface area contributed by atoms with E-state index < -0.39 is 5.41 Å². The molecule has 0 N–H and O–H groups in total. The van der Waals surface area contributed by atoms with Crippen molar-refractivity contribution in [1.82, 2.24) is 0 Å². The van der Waals surface area contributed by atoms with Crippen LogP contribution in [0, 0.1) is 10.1 Å². The van der Waals surface area contributed by atoms with Crippen molar-refractivity contribution in [3.63, 3.8) is 0 Å². The summed E-state index contributed by atoms with van der Waals surface area (Å²) in [5, 5.41) is 11.6. The maximum Gasteiger partial charge on any atom is 0.277 e. The van der Waals surface area contributed by atoms with Gasteiger partial charge in [-0.25, -0.2) is 0 Å². The second-order valence-corrected chi connectivity index (χ2v) is 8.56. The summed E-state index contributed by atoms with van der Waals surface area (Å²) in [5.41, 5.74) is 8.43. The Morgan fingerprint density at radius 1 is 0.500 bits per heavy atom. The fourth-order valence-corrected chi connectivity index (χ4v) is 5.49. The van der Waals surface area contributed by atoms with Gasteiger partial charge in [0, 0.05) is 6.07 Å². The highest BCUT2D eigenvalue weighted by Gasteiger charge is 2.45. The van der Waals surface area contributed by atoms with E-state index in [0.717, 1.165) is 11.1 Å². The number of para-hydroxylation sites is 1. The lowest BCUT2D eigenvalue weighted by atomic mass is 9.67. The lowest BCUT2D eigenvalue weighted by molar-refractivity contribution is -0.384. The second-order valence-electron chi connectivity index (χ2n) is 8.56. The van der Waals surface area contributed by atoms with Gasteiger partial charge in [0.1, 0.15) is 0 Å². The molecular weight excluding hydrogens is 418 g/mol. The molecule has 0 fully saturated rings. The summed E-state index contributed by atoms with van der Waals surface area (Å²) in [7, 11) is 0. The average Bonchev–Trinajstić information content (AvgIpc) is 3.21. The van der Waals surface area contributed by atoms with Crippen molar-refractivity contribution < 1.29 is 4.92 Å². The van der Waals surface area contributed by atoms with Crippen LogP contribution in [-0.4, -0.2) is 4.92 Å². The number of benzene rings is 5. The zero-order chi connectivity index (χ0) is 23.1. The maximum atomic E-state index is 11.6. The number of nitro groups is 1. The van der Waals surface area contributed by atoms with Gasteiger partial charge in [-0.15, -0.1) is 0 Å². The van der Waals surface area contributed by atoms with Gasteiger partial charge in [0.05, 0.1) is 15.9 Å². The molecule has 5 aromatic carbocycles. The minimum atomic E-state index is -0.463. The predicted octanol–water partition coefficient (Wildman–Crippen LogP) is 7.62. The van der Waals surface area contributed by atoms with Gasteiger partial charge in [0.2, 0.25) is 0 Å².